The molecule has 2 aromatic carbocycles. The summed E-state index contributed by atoms with van der Waals surface area (Å²) < 4.78 is 0. The van der Waals surface area contributed by atoms with Crippen molar-refractivity contribution in [1.82, 2.24) is 10.4 Å². The number of benzene rings is 2. The first-order chi connectivity index (χ1) is 14.0. The van der Waals surface area contributed by atoms with Gasteiger partial charge in [-0.05, 0) is 42.7 Å². The third kappa shape index (κ3) is 4.43. The van der Waals surface area contributed by atoms with Crippen molar-refractivity contribution < 1.29 is 0 Å². The van der Waals surface area contributed by atoms with Gasteiger partial charge in [-0.3, -0.25) is 5.01 Å². The molecule has 4 nitrogen and oxygen atoms in total. The molecule has 29 heavy (non-hydrogen) atoms. The van der Waals surface area contributed by atoms with Crippen LogP contribution in [-0.2, 0) is 0 Å². The number of hydrogen-bond acceptors (Lipinski definition) is 4. The minimum atomic E-state index is -0.0109. The van der Waals surface area contributed by atoms with Crippen LogP contribution in [0.25, 0.3) is 0 Å². The molecule has 152 valence electrons. The number of halogens is 2. The second-order valence-corrected chi connectivity index (χ2v) is 8.81. The second-order valence-electron chi connectivity index (χ2n) is 7.55. The molecule has 0 aromatic heterocycles. The van der Waals surface area contributed by atoms with E-state index in [4.69, 9.17) is 40.5 Å². The lowest BCUT2D eigenvalue weighted by atomic mass is 9.91. The van der Waals surface area contributed by atoms with Crippen LogP contribution in [0.15, 0.2) is 53.6 Å². The fourth-order valence-electron chi connectivity index (χ4n) is 4.02. The van der Waals surface area contributed by atoms with Crippen LogP contribution < -0.4 is 10.4 Å². The molecule has 0 radical (unpaired) electrons. The summed E-state index contributed by atoms with van der Waals surface area (Å²) in [5.74, 6) is 0.0947. The highest BCUT2D eigenvalue weighted by molar-refractivity contribution is 7.82. The number of nitrogens with zero attached hydrogens (tertiary/aromatic N) is 3. The third-order valence-corrected chi connectivity index (χ3v) is 6.42. The molecule has 4 rings (SSSR count). The largest absolute Gasteiger partial charge is 0.308 e. The maximum Gasteiger partial charge on any atom is 0.137 e. The minimum absolute atomic E-state index is 0.0109. The Morgan fingerprint density at radius 2 is 1.72 bits per heavy atom. The highest BCUT2D eigenvalue weighted by atomic mass is 35.5. The van der Waals surface area contributed by atoms with Gasteiger partial charge >= 0.3 is 0 Å². The molecule has 0 aliphatic carbocycles. The third-order valence-electron chi connectivity index (χ3n) is 5.54. The number of piperidine rings is 1. The van der Waals surface area contributed by atoms with Crippen LogP contribution in [0.5, 0.6) is 0 Å². The van der Waals surface area contributed by atoms with E-state index in [1.807, 2.05) is 53.5 Å². The zero-order chi connectivity index (χ0) is 20.4. The predicted molar refractivity (Wildman–Crippen MR) is 126 cm³/mol. The first-order valence-electron chi connectivity index (χ1n) is 9.98. The molecule has 1 fully saturated rings. The summed E-state index contributed by atoms with van der Waals surface area (Å²) in [6.07, 6.45) is 3.66. The van der Waals surface area contributed by atoms with E-state index in [-0.39, 0.29) is 12.0 Å². The number of thiocarbonyl (C=S) groups is 1. The molecule has 7 heteroatoms. The van der Waals surface area contributed by atoms with Crippen LogP contribution in [0.3, 0.4) is 0 Å². The van der Waals surface area contributed by atoms with Crippen molar-refractivity contribution in [2.24, 2.45) is 11.0 Å². The van der Waals surface area contributed by atoms with Gasteiger partial charge in [-0.1, -0.05) is 73.0 Å². The maximum atomic E-state index is 6.52. The number of hydrogen-bond donors (Lipinski definition) is 1. The molecular formula is C22H24Cl2N4S. The average molecular weight is 447 g/mol. The summed E-state index contributed by atoms with van der Waals surface area (Å²) in [6, 6.07) is 15.7. The fraction of sp³-hybridized carbons (Fsp3) is 0.364. The van der Waals surface area contributed by atoms with Gasteiger partial charge in [-0.2, -0.15) is 5.10 Å². The molecule has 2 heterocycles. The highest BCUT2D eigenvalue weighted by Gasteiger charge is 2.39. The number of rotatable bonds is 4. The Labute approximate surface area is 187 Å². The van der Waals surface area contributed by atoms with Crippen molar-refractivity contribution >= 4 is 51.8 Å². The van der Waals surface area contributed by atoms with Gasteiger partial charge in [0.25, 0.3) is 0 Å². The van der Waals surface area contributed by atoms with Crippen LogP contribution >= 0.6 is 35.4 Å². The lowest BCUT2D eigenvalue weighted by Crippen LogP contribution is -2.47. The van der Waals surface area contributed by atoms with E-state index in [1.54, 1.807) is 0 Å². The van der Waals surface area contributed by atoms with E-state index in [0.29, 0.717) is 15.0 Å². The standard InChI is InChI=1S/C22H24Cl2N4S/c1-15-20(22(29)26-27-13-5-2-6-14-27)25-28(19-8-4-3-7-18(19)24)21(15)16-9-11-17(23)12-10-16/h3-4,7-12,15,21H,2,5-6,13-14H2,1H3,(H,26,29)/t15-,21+/m1/s1. The van der Waals surface area contributed by atoms with Crippen molar-refractivity contribution in [2.75, 3.05) is 18.1 Å². The Kier molecular flexibility index (Phi) is 6.40. The molecule has 0 amide bonds. The molecule has 1 saturated heterocycles. The maximum absolute atomic E-state index is 6.52. The lowest BCUT2D eigenvalue weighted by Gasteiger charge is -2.29. The van der Waals surface area contributed by atoms with Crippen molar-refractivity contribution in [2.45, 2.75) is 32.2 Å². The zero-order valence-corrected chi connectivity index (χ0v) is 18.6. The first-order valence-corrected chi connectivity index (χ1v) is 11.1. The molecule has 1 N–H and O–H groups in total. The van der Waals surface area contributed by atoms with Gasteiger partial charge in [0, 0.05) is 24.0 Å². The van der Waals surface area contributed by atoms with Crippen LogP contribution in [0, 0.1) is 5.92 Å². The minimum Gasteiger partial charge on any atom is -0.308 e. The molecular weight excluding hydrogens is 423 g/mol. The van der Waals surface area contributed by atoms with Crippen LogP contribution in [0.1, 0.15) is 37.8 Å². The van der Waals surface area contributed by atoms with Gasteiger partial charge < -0.3 is 5.43 Å². The zero-order valence-electron chi connectivity index (χ0n) is 16.3. The monoisotopic (exact) mass is 446 g/mol. The number of hydrazone groups is 1. The summed E-state index contributed by atoms with van der Waals surface area (Å²) in [5, 5.41) is 10.5. The Bertz CT molecular complexity index is 909. The second kappa shape index (κ2) is 9.00. The summed E-state index contributed by atoms with van der Waals surface area (Å²) in [7, 11) is 0. The van der Waals surface area contributed by atoms with E-state index in [1.165, 1.54) is 19.3 Å². The summed E-state index contributed by atoms with van der Waals surface area (Å²) in [5.41, 5.74) is 6.29. The van der Waals surface area contributed by atoms with Gasteiger partial charge in [0.2, 0.25) is 0 Å². The Morgan fingerprint density at radius 3 is 2.41 bits per heavy atom. The number of nitrogens with one attached hydrogen (secondary N) is 1. The van der Waals surface area contributed by atoms with E-state index >= 15 is 0 Å². The predicted octanol–water partition coefficient (Wildman–Crippen LogP) is 5.86. The fourth-order valence-corrected chi connectivity index (χ4v) is 4.72. The van der Waals surface area contributed by atoms with Gasteiger partial charge in [-0.25, -0.2) is 5.01 Å². The normalized spacial score (nSPS) is 22.4. The van der Waals surface area contributed by atoms with E-state index in [9.17, 15) is 0 Å². The van der Waals surface area contributed by atoms with Crippen molar-refractivity contribution in [3.05, 3.63) is 64.1 Å². The van der Waals surface area contributed by atoms with Crippen molar-refractivity contribution in [1.29, 1.82) is 0 Å². The van der Waals surface area contributed by atoms with Gasteiger partial charge in [-0.15, -0.1) is 0 Å². The molecule has 2 aliphatic rings. The Balaban J connectivity index is 1.66. The SMILES string of the molecule is C[C@@H]1C(C(=S)NN2CCCCC2)=NN(c2ccccc2Cl)[C@@H]1c1ccc(Cl)cc1. The molecule has 0 bridgehead atoms. The van der Waals surface area contributed by atoms with Gasteiger partial charge in [0.05, 0.1) is 16.8 Å². The Hall–Kier alpha value is -1.66. The van der Waals surface area contributed by atoms with Crippen LogP contribution in [-0.4, -0.2) is 28.8 Å². The summed E-state index contributed by atoms with van der Waals surface area (Å²) >= 11 is 18.4. The van der Waals surface area contributed by atoms with E-state index < -0.39 is 0 Å². The van der Waals surface area contributed by atoms with Crippen molar-refractivity contribution in [3.8, 4) is 0 Å². The number of para-hydroxylation sites is 1. The van der Waals surface area contributed by atoms with Crippen LogP contribution in [0.4, 0.5) is 5.69 Å². The number of hydrazine groups is 1. The van der Waals surface area contributed by atoms with Crippen LogP contribution in [0.2, 0.25) is 10.0 Å². The van der Waals surface area contributed by atoms with E-state index in [0.717, 1.165) is 30.1 Å². The number of anilines is 1. The summed E-state index contributed by atoms with van der Waals surface area (Å²) in [4.78, 5) is 0.688. The smallest absolute Gasteiger partial charge is 0.137 e. The quantitative estimate of drug-likeness (QED) is 0.595. The summed E-state index contributed by atoms with van der Waals surface area (Å²) in [6.45, 7) is 4.19. The molecule has 0 unspecified atom stereocenters. The van der Waals surface area contributed by atoms with Crippen molar-refractivity contribution in [3.63, 3.8) is 0 Å². The Morgan fingerprint density at radius 1 is 1.03 bits per heavy atom. The molecule has 2 aliphatic heterocycles. The molecule has 2 aromatic rings. The topological polar surface area (TPSA) is 30.9 Å². The van der Waals surface area contributed by atoms with Gasteiger partial charge in [0.1, 0.15) is 10.7 Å². The van der Waals surface area contributed by atoms with Gasteiger partial charge in [0.15, 0.2) is 0 Å². The van der Waals surface area contributed by atoms with E-state index in [2.05, 4.69) is 17.4 Å². The molecule has 0 spiro atoms. The first kappa shape index (κ1) is 20.6. The molecule has 0 saturated carbocycles. The average Bonchev–Trinajstić information content (AvgIpc) is 3.07. The lowest BCUT2D eigenvalue weighted by molar-refractivity contribution is 0.197. The highest BCUT2D eigenvalue weighted by Crippen LogP contribution is 2.41. The molecule has 2 atom stereocenters.